The van der Waals surface area contributed by atoms with Gasteiger partial charge in [-0.2, -0.15) is 0 Å². The molecule has 1 saturated carbocycles. The molecule has 1 atom stereocenters. The molecule has 19 heavy (non-hydrogen) atoms. The molecule has 0 spiro atoms. The molecule has 0 amide bonds. The van der Waals surface area contributed by atoms with Crippen LogP contribution in [0, 0.1) is 12.8 Å². The van der Waals surface area contributed by atoms with Crippen molar-refractivity contribution in [2.24, 2.45) is 5.92 Å². The number of halogens is 2. The van der Waals surface area contributed by atoms with Crippen LogP contribution in [0.15, 0.2) is 12.1 Å². The van der Waals surface area contributed by atoms with E-state index in [4.69, 9.17) is 0 Å². The molecular formula is C14H24Cl2N2S. The Kier molecular flexibility index (Phi) is 7.12. The van der Waals surface area contributed by atoms with Crippen LogP contribution in [0.25, 0.3) is 0 Å². The van der Waals surface area contributed by atoms with Crippen LogP contribution in [0.4, 0.5) is 0 Å². The van der Waals surface area contributed by atoms with Gasteiger partial charge in [-0.05, 0) is 31.4 Å². The van der Waals surface area contributed by atoms with Gasteiger partial charge in [0.2, 0.25) is 0 Å². The van der Waals surface area contributed by atoms with Gasteiger partial charge >= 0.3 is 0 Å². The van der Waals surface area contributed by atoms with E-state index in [1.54, 1.807) is 4.88 Å². The highest BCUT2D eigenvalue weighted by atomic mass is 35.5. The summed E-state index contributed by atoms with van der Waals surface area (Å²) in [5, 5.41) is 3.46. The smallest absolute Gasteiger partial charge is 0.0445 e. The molecule has 0 unspecified atom stereocenters. The second-order valence-corrected chi connectivity index (χ2v) is 6.75. The van der Waals surface area contributed by atoms with Crippen molar-refractivity contribution >= 4 is 36.2 Å². The fraction of sp³-hybridized carbons (Fsp3) is 0.714. The van der Waals surface area contributed by atoms with Gasteiger partial charge in [0.05, 0.1) is 0 Å². The third-order valence-electron chi connectivity index (χ3n) is 3.94. The van der Waals surface area contributed by atoms with Gasteiger partial charge in [0.1, 0.15) is 0 Å². The van der Waals surface area contributed by atoms with Crippen molar-refractivity contribution in [3.05, 3.63) is 21.9 Å². The van der Waals surface area contributed by atoms with Crippen LogP contribution in [0.3, 0.4) is 0 Å². The van der Waals surface area contributed by atoms with Gasteiger partial charge in [-0.15, -0.1) is 36.2 Å². The summed E-state index contributed by atoms with van der Waals surface area (Å²) in [4.78, 5) is 5.74. The molecule has 1 aromatic heterocycles. The molecule has 1 aromatic rings. The van der Waals surface area contributed by atoms with Crippen LogP contribution >= 0.6 is 36.2 Å². The van der Waals surface area contributed by atoms with E-state index in [1.165, 1.54) is 37.2 Å². The highest BCUT2D eigenvalue weighted by molar-refractivity contribution is 7.12. The minimum Gasteiger partial charge on any atom is -0.314 e. The molecule has 2 fully saturated rings. The van der Waals surface area contributed by atoms with Crippen LogP contribution in [0.5, 0.6) is 0 Å². The van der Waals surface area contributed by atoms with Gasteiger partial charge in [-0.3, -0.25) is 4.90 Å². The molecule has 110 valence electrons. The summed E-state index contributed by atoms with van der Waals surface area (Å²) in [6, 6.07) is 5.33. The standard InChI is InChI=1S/C14H22N2S.2ClH/c1-11-2-5-14(17-11)13(10-12-3-4-12)16-8-6-15-7-9-16;;/h2,5,12-13,15H,3-4,6-10H2,1H3;2*1H/t13-;;/m1../s1. The van der Waals surface area contributed by atoms with Crippen molar-refractivity contribution in [3.8, 4) is 0 Å². The Hall–Kier alpha value is 0.200. The number of hydrogen-bond acceptors (Lipinski definition) is 3. The van der Waals surface area contributed by atoms with Crippen molar-refractivity contribution in [1.82, 2.24) is 10.2 Å². The fourth-order valence-corrected chi connectivity index (χ4v) is 3.77. The molecule has 0 bridgehead atoms. The predicted octanol–water partition coefficient (Wildman–Crippen LogP) is 3.65. The maximum atomic E-state index is 3.46. The average molecular weight is 323 g/mol. The lowest BCUT2D eigenvalue weighted by Crippen LogP contribution is -2.45. The molecule has 3 rings (SSSR count). The van der Waals surface area contributed by atoms with Crippen molar-refractivity contribution in [3.63, 3.8) is 0 Å². The van der Waals surface area contributed by atoms with E-state index >= 15 is 0 Å². The first kappa shape index (κ1) is 17.3. The average Bonchev–Trinajstić information content (AvgIpc) is 3.08. The highest BCUT2D eigenvalue weighted by Gasteiger charge is 2.30. The van der Waals surface area contributed by atoms with E-state index in [-0.39, 0.29) is 24.8 Å². The summed E-state index contributed by atoms with van der Waals surface area (Å²) in [7, 11) is 0. The first-order valence-electron chi connectivity index (χ1n) is 6.84. The number of hydrogen-bond donors (Lipinski definition) is 1. The molecule has 5 heteroatoms. The second-order valence-electron chi connectivity index (χ2n) is 5.43. The Labute approximate surface area is 132 Å². The molecule has 1 aliphatic carbocycles. The number of thiophene rings is 1. The van der Waals surface area contributed by atoms with Crippen molar-refractivity contribution in [1.29, 1.82) is 0 Å². The predicted molar refractivity (Wildman–Crippen MR) is 88.1 cm³/mol. The maximum absolute atomic E-state index is 3.46. The number of nitrogens with one attached hydrogen (secondary N) is 1. The van der Waals surface area contributed by atoms with Gasteiger partial charge in [0, 0.05) is 42.0 Å². The van der Waals surface area contributed by atoms with Crippen molar-refractivity contribution < 1.29 is 0 Å². The first-order valence-corrected chi connectivity index (χ1v) is 7.65. The molecule has 2 aliphatic rings. The summed E-state index contributed by atoms with van der Waals surface area (Å²) in [5.74, 6) is 1.01. The van der Waals surface area contributed by atoms with Crippen LogP contribution in [0.2, 0.25) is 0 Å². The van der Waals surface area contributed by atoms with Crippen LogP contribution in [0.1, 0.15) is 35.1 Å². The summed E-state index contributed by atoms with van der Waals surface area (Å²) in [6.45, 7) is 6.97. The molecule has 1 aliphatic heterocycles. The second kappa shape index (κ2) is 7.84. The van der Waals surface area contributed by atoms with Crippen LogP contribution in [-0.4, -0.2) is 31.1 Å². The van der Waals surface area contributed by atoms with Crippen molar-refractivity contribution in [2.75, 3.05) is 26.2 Å². The zero-order valence-corrected chi connectivity index (χ0v) is 13.9. The Morgan fingerprint density at radius 3 is 2.47 bits per heavy atom. The van der Waals surface area contributed by atoms with Gasteiger partial charge in [-0.1, -0.05) is 12.8 Å². The summed E-state index contributed by atoms with van der Waals surface area (Å²) >= 11 is 2.00. The zero-order chi connectivity index (χ0) is 11.7. The molecule has 1 N–H and O–H groups in total. The van der Waals surface area contributed by atoms with E-state index in [0.29, 0.717) is 6.04 Å². The Balaban J connectivity index is 0.000000902. The van der Waals surface area contributed by atoms with E-state index in [9.17, 15) is 0 Å². The number of aryl methyl sites for hydroxylation is 1. The van der Waals surface area contributed by atoms with Gasteiger partial charge in [0.25, 0.3) is 0 Å². The lowest BCUT2D eigenvalue weighted by Gasteiger charge is -2.34. The SMILES string of the molecule is Cc1ccc([C@@H](CC2CC2)N2CCNCC2)s1.Cl.Cl. The van der Waals surface area contributed by atoms with Gasteiger partial charge in [0.15, 0.2) is 0 Å². The minimum atomic E-state index is 0. The Morgan fingerprint density at radius 1 is 1.26 bits per heavy atom. The third-order valence-corrected chi connectivity index (χ3v) is 5.04. The highest BCUT2D eigenvalue weighted by Crippen LogP contribution is 2.41. The maximum Gasteiger partial charge on any atom is 0.0445 e. The lowest BCUT2D eigenvalue weighted by molar-refractivity contribution is 0.163. The van der Waals surface area contributed by atoms with E-state index in [1.807, 2.05) is 11.3 Å². The first-order chi connectivity index (χ1) is 8.33. The largest absolute Gasteiger partial charge is 0.314 e. The monoisotopic (exact) mass is 322 g/mol. The molecule has 0 radical (unpaired) electrons. The molecular weight excluding hydrogens is 299 g/mol. The fourth-order valence-electron chi connectivity index (χ4n) is 2.74. The van der Waals surface area contributed by atoms with E-state index in [2.05, 4.69) is 29.3 Å². The molecule has 1 saturated heterocycles. The summed E-state index contributed by atoms with van der Waals surface area (Å²) in [5.41, 5.74) is 0. The normalized spacial score (nSPS) is 21.3. The summed E-state index contributed by atoms with van der Waals surface area (Å²) in [6.07, 6.45) is 4.32. The molecule has 2 nitrogen and oxygen atoms in total. The minimum absolute atomic E-state index is 0. The topological polar surface area (TPSA) is 15.3 Å². The Bertz CT molecular complexity index is 373. The quantitative estimate of drug-likeness (QED) is 0.910. The van der Waals surface area contributed by atoms with Gasteiger partial charge < -0.3 is 5.32 Å². The summed E-state index contributed by atoms with van der Waals surface area (Å²) < 4.78 is 0. The lowest BCUT2D eigenvalue weighted by atomic mass is 10.1. The number of rotatable bonds is 4. The number of nitrogens with zero attached hydrogens (tertiary/aromatic N) is 1. The van der Waals surface area contributed by atoms with Gasteiger partial charge in [-0.25, -0.2) is 0 Å². The van der Waals surface area contributed by atoms with Crippen LogP contribution in [-0.2, 0) is 0 Å². The molecule has 0 aromatic carbocycles. The van der Waals surface area contributed by atoms with Crippen LogP contribution < -0.4 is 5.32 Å². The van der Waals surface area contributed by atoms with Crippen molar-refractivity contribution in [2.45, 2.75) is 32.2 Å². The Morgan fingerprint density at radius 2 is 1.95 bits per heavy atom. The zero-order valence-electron chi connectivity index (χ0n) is 11.4. The van der Waals surface area contributed by atoms with E-state index in [0.717, 1.165) is 19.0 Å². The van der Waals surface area contributed by atoms with E-state index < -0.39 is 0 Å². The third kappa shape index (κ3) is 4.61. The molecule has 2 heterocycles. The number of piperazine rings is 1.